The van der Waals surface area contributed by atoms with Crippen molar-refractivity contribution in [1.82, 2.24) is 0 Å². The summed E-state index contributed by atoms with van der Waals surface area (Å²) in [5.41, 5.74) is 1.26. The number of rotatable bonds is 6. The van der Waals surface area contributed by atoms with Gasteiger partial charge in [-0.25, -0.2) is 0 Å². The second-order valence-electron chi connectivity index (χ2n) is 4.55. The van der Waals surface area contributed by atoms with E-state index in [1.54, 1.807) is 0 Å². The summed E-state index contributed by atoms with van der Waals surface area (Å²) < 4.78 is 5.67. The SMILES string of the molecule is Cc1cccc(OCCCCC(C)C)c1. The first-order valence-corrected chi connectivity index (χ1v) is 5.88. The zero-order valence-corrected chi connectivity index (χ0v) is 10.1. The van der Waals surface area contributed by atoms with Crippen molar-refractivity contribution < 1.29 is 4.74 Å². The molecule has 15 heavy (non-hydrogen) atoms. The molecule has 0 amide bonds. The topological polar surface area (TPSA) is 9.23 Å². The molecule has 0 saturated heterocycles. The predicted octanol–water partition coefficient (Wildman–Crippen LogP) is 4.20. The molecule has 1 aromatic carbocycles. The third-order valence-corrected chi connectivity index (χ3v) is 2.43. The standard InChI is InChI=1S/C14H22O/c1-12(2)7-4-5-10-15-14-9-6-8-13(3)11-14/h6,8-9,11-12H,4-5,7,10H2,1-3H3. The lowest BCUT2D eigenvalue weighted by Crippen LogP contribution is -1.98. The van der Waals surface area contributed by atoms with Crippen molar-refractivity contribution in [2.45, 2.75) is 40.0 Å². The van der Waals surface area contributed by atoms with Gasteiger partial charge in [0.25, 0.3) is 0 Å². The summed E-state index contributed by atoms with van der Waals surface area (Å²) >= 11 is 0. The summed E-state index contributed by atoms with van der Waals surface area (Å²) in [6.07, 6.45) is 3.73. The molecule has 0 aliphatic heterocycles. The zero-order chi connectivity index (χ0) is 11.1. The monoisotopic (exact) mass is 206 g/mol. The lowest BCUT2D eigenvalue weighted by atomic mass is 10.1. The van der Waals surface area contributed by atoms with E-state index in [9.17, 15) is 0 Å². The Bertz CT molecular complexity index is 278. The van der Waals surface area contributed by atoms with Crippen molar-refractivity contribution in [3.63, 3.8) is 0 Å². The Morgan fingerprint density at radius 2 is 2.00 bits per heavy atom. The summed E-state index contributed by atoms with van der Waals surface area (Å²) in [5, 5.41) is 0. The van der Waals surface area contributed by atoms with Crippen molar-refractivity contribution in [1.29, 1.82) is 0 Å². The van der Waals surface area contributed by atoms with Crippen molar-refractivity contribution in [2.24, 2.45) is 5.92 Å². The van der Waals surface area contributed by atoms with Gasteiger partial charge in [0, 0.05) is 0 Å². The van der Waals surface area contributed by atoms with Crippen LogP contribution in [-0.4, -0.2) is 6.61 Å². The van der Waals surface area contributed by atoms with Crippen LogP contribution < -0.4 is 4.74 Å². The molecular weight excluding hydrogens is 184 g/mol. The van der Waals surface area contributed by atoms with E-state index in [1.807, 2.05) is 12.1 Å². The van der Waals surface area contributed by atoms with Crippen LogP contribution in [0.1, 0.15) is 38.7 Å². The number of benzene rings is 1. The van der Waals surface area contributed by atoms with Crippen LogP contribution in [0.2, 0.25) is 0 Å². The van der Waals surface area contributed by atoms with Gasteiger partial charge in [0.2, 0.25) is 0 Å². The molecule has 1 heteroatoms. The van der Waals surface area contributed by atoms with E-state index in [0.29, 0.717) is 0 Å². The summed E-state index contributed by atoms with van der Waals surface area (Å²) in [6, 6.07) is 8.24. The Labute approximate surface area is 93.5 Å². The van der Waals surface area contributed by atoms with Crippen molar-refractivity contribution in [2.75, 3.05) is 6.61 Å². The number of ether oxygens (including phenoxy) is 1. The third kappa shape index (κ3) is 5.46. The van der Waals surface area contributed by atoms with Gasteiger partial charge in [-0.3, -0.25) is 0 Å². The van der Waals surface area contributed by atoms with E-state index in [2.05, 4.69) is 32.9 Å². The maximum atomic E-state index is 5.67. The Morgan fingerprint density at radius 1 is 1.20 bits per heavy atom. The average Bonchev–Trinajstić information content (AvgIpc) is 2.17. The Hall–Kier alpha value is -0.980. The van der Waals surface area contributed by atoms with E-state index in [0.717, 1.165) is 24.7 Å². The second-order valence-corrected chi connectivity index (χ2v) is 4.55. The van der Waals surface area contributed by atoms with Gasteiger partial charge in [-0.2, -0.15) is 0 Å². The Morgan fingerprint density at radius 3 is 2.67 bits per heavy atom. The van der Waals surface area contributed by atoms with E-state index < -0.39 is 0 Å². The Balaban J connectivity index is 2.15. The third-order valence-electron chi connectivity index (χ3n) is 2.43. The Kier molecular flexibility index (Phi) is 5.23. The molecule has 0 aliphatic rings. The highest BCUT2D eigenvalue weighted by Gasteiger charge is 1.96. The molecule has 0 bridgehead atoms. The van der Waals surface area contributed by atoms with Gasteiger partial charge in [-0.1, -0.05) is 32.4 Å². The van der Waals surface area contributed by atoms with E-state index in [-0.39, 0.29) is 0 Å². The molecule has 0 fully saturated rings. The summed E-state index contributed by atoms with van der Waals surface area (Å²) in [6.45, 7) is 7.46. The quantitative estimate of drug-likeness (QED) is 0.634. The van der Waals surface area contributed by atoms with E-state index in [1.165, 1.54) is 18.4 Å². The van der Waals surface area contributed by atoms with Gasteiger partial charge < -0.3 is 4.74 Å². The maximum absolute atomic E-state index is 5.67. The normalized spacial score (nSPS) is 10.7. The zero-order valence-electron chi connectivity index (χ0n) is 10.1. The summed E-state index contributed by atoms with van der Waals surface area (Å²) in [4.78, 5) is 0. The molecule has 0 aliphatic carbocycles. The van der Waals surface area contributed by atoms with Crippen LogP contribution >= 0.6 is 0 Å². The fourth-order valence-electron chi connectivity index (χ4n) is 1.55. The lowest BCUT2D eigenvalue weighted by molar-refractivity contribution is 0.301. The van der Waals surface area contributed by atoms with Crippen LogP contribution in [0.3, 0.4) is 0 Å². The molecule has 0 aromatic heterocycles. The molecule has 0 radical (unpaired) electrons. The number of hydrogen-bond donors (Lipinski definition) is 0. The highest BCUT2D eigenvalue weighted by atomic mass is 16.5. The number of unbranched alkanes of at least 4 members (excludes halogenated alkanes) is 1. The van der Waals surface area contributed by atoms with Crippen molar-refractivity contribution in [3.05, 3.63) is 29.8 Å². The van der Waals surface area contributed by atoms with Gasteiger partial charge in [0.1, 0.15) is 5.75 Å². The first-order chi connectivity index (χ1) is 7.18. The molecule has 0 spiro atoms. The minimum Gasteiger partial charge on any atom is -0.494 e. The van der Waals surface area contributed by atoms with Crippen LogP contribution in [0.4, 0.5) is 0 Å². The summed E-state index contributed by atoms with van der Waals surface area (Å²) in [5.74, 6) is 1.81. The van der Waals surface area contributed by atoms with Gasteiger partial charge in [-0.15, -0.1) is 0 Å². The molecule has 0 N–H and O–H groups in total. The van der Waals surface area contributed by atoms with Gasteiger partial charge in [0.05, 0.1) is 6.61 Å². The molecule has 84 valence electrons. The fraction of sp³-hybridized carbons (Fsp3) is 0.571. The minimum atomic E-state index is 0.809. The molecule has 0 unspecified atom stereocenters. The lowest BCUT2D eigenvalue weighted by Gasteiger charge is -2.07. The fourth-order valence-corrected chi connectivity index (χ4v) is 1.55. The molecule has 0 saturated carbocycles. The second kappa shape index (κ2) is 6.49. The molecular formula is C14H22O. The van der Waals surface area contributed by atoms with Crippen LogP contribution in [0.25, 0.3) is 0 Å². The number of aryl methyl sites for hydroxylation is 1. The van der Waals surface area contributed by atoms with E-state index >= 15 is 0 Å². The first-order valence-electron chi connectivity index (χ1n) is 5.88. The predicted molar refractivity (Wildman–Crippen MR) is 65.4 cm³/mol. The largest absolute Gasteiger partial charge is 0.494 e. The van der Waals surface area contributed by atoms with Crippen molar-refractivity contribution >= 4 is 0 Å². The maximum Gasteiger partial charge on any atom is 0.119 e. The minimum absolute atomic E-state index is 0.809. The van der Waals surface area contributed by atoms with Gasteiger partial charge in [0.15, 0.2) is 0 Å². The smallest absolute Gasteiger partial charge is 0.119 e. The number of hydrogen-bond acceptors (Lipinski definition) is 1. The molecule has 1 aromatic rings. The molecule has 1 rings (SSSR count). The van der Waals surface area contributed by atoms with Crippen LogP contribution in [-0.2, 0) is 0 Å². The first kappa shape index (κ1) is 12.1. The van der Waals surface area contributed by atoms with Gasteiger partial charge in [-0.05, 0) is 43.4 Å². The summed E-state index contributed by atoms with van der Waals surface area (Å²) in [7, 11) is 0. The molecule has 1 nitrogen and oxygen atoms in total. The van der Waals surface area contributed by atoms with Crippen molar-refractivity contribution in [3.8, 4) is 5.75 Å². The van der Waals surface area contributed by atoms with Crippen LogP contribution in [0, 0.1) is 12.8 Å². The highest BCUT2D eigenvalue weighted by Crippen LogP contribution is 2.13. The molecule has 0 atom stereocenters. The van der Waals surface area contributed by atoms with E-state index in [4.69, 9.17) is 4.74 Å². The molecule has 0 heterocycles. The highest BCUT2D eigenvalue weighted by molar-refractivity contribution is 5.27. The average molecular weight is 206 g/mol. The van der Waals surface area contributed by atoms with Crippen LogP contribution in [0.5, 0.6) is 5.75 Å². The van der Waals surface area contributed by atoms with Gasteiger partial charge >= 0.3 is 0 Å². The van der Waals surface area contributed by atoms with Crippen LogP contribution in [0.15, 0.2) is 24.3 Å².